The van der Waals surface area contributed by atoms with Crippen molar-refractivity contribution in [2.24, 2.45) is 0 Å². The third-order valence-electron chi connectivity index (χ3n) is 4.12. The molecule has 0 aliphatic heterocycles. The number of halogens is 3. The Kier molecular flexibility index (Phi) is 7.56. The predicted molar refractivity (Wildman–Crippen MR) is 112 cm³/mol. The first kappa shape index (κ1) is 22.7. The Bertz CT molecular complexity index is 993. The molecule has 2 heterocycles. The van der Waals surface area contributed by atoms with Crippen LogP contribution >= 0.6 is 11.8 Å². The van der Waals surface area contributed by atoms with Crippen molar-refractivity contribution in [2.75, 3.05) is 24.2 Å². The number of rotatable bonds is 9. The number of thioether (sulfide) groups is 1. The van der Waals surface area contributed by atoms with Gasteiger partial charge in [0.15, 0.2) is 5.82 Å². The van der Waals surface area contributed by atoms with E-state index >= 15 is 0 Å². The van der Waals surface area contributed by atoms with Crippen molar-refractivity contribution in [2.45, 2.75) is 18.9 Å². The molecule has 0 fully saturated rings. The van der Waals surface area contributed by atoms with Crippen LogP contribution in [-0.4, -0.2) is 34.8 Å². The van der Waals surface area contributed by atoms with Gasteiger partial charge in [-0.05, 0) is 31.2 Å². The Balaban J connectivity index is 1.73. The van der Waals surface area contributed by atoms with Gasteiger partial charge in [-0.1, -0.05) is 12.1 Å². The highest BCUT2D eigenvalue weighted by molar-refractivity contribution is 7.98. The number of aromatic nitrogens is 2. The van der Waals surface area contributed by atoms with E-state index in [1.54, 1.807) is 24.9 Å². The summed E-state index contributed by atoms with van der Waals surface area (Å²) in [5, 5.41) is 3.10. The summed E-state index contributed by atoms with van der Waals surface area (Å²) in [5.41, 5.74) is -0.196. The van der Waals surface area contributed by atoms with Crippen molar-refractivity contribution < 1.29 is 27.1 Å². The normalized spacial score (nSPS) is 11.4. The second kappa shape index (κ2) is 10.3. The first-order valence-corrected chi connectivity index (χ1v) is 10.6. The standard InChI is InChI=1S/C21H20F3N3O3S/c1-2-29-20(28)17-12-26-18(14-5-7-15(8-6-14)21(22,23)24)27-19(17)25-9-11-31-13-16-4-3-10-30-16/h3-8,10,12H,2,9,11,13H2,1H3,(H,25,26,27). The molecule has 6 nitrogen and oxygen atoms in total. The molecule has 0 saturated carbocycles. The summed E-state index contributed by atoms with van der Waals surface area (Å²) in [6.07, 6.45) is -1.49. The summed E-state index contributed by atoms with van der Waals surface area (Å²) in [7, 11) is 0. The smallest absolute Gasteiger partial charge is 0.416 e. The molecular weight excluding hydrogens is 431 g/mol. The lowest BCUT2D eigenvalue weighted by Gasteiger charge is -2.12. The minimum Gasteiger partial charge on any atom is -0.468 e. The monoisotopic (exact) mass is 451 g/mol. The average molecular weight is 451 g/mol. The zero-order chi connectivity index (χ0) is 22.3. The van der Waals surface area contributed by atoms with Crippen LogP contribution in [0.4, 0.5) is 19.0 Å². The number of anilines is 1. The largest absolute Gasteiger partial charge is 0.468 e. The van der Waals surface area contributed by atoms with Gasteiger partial charge in [-0.3, -0.25) is 0 Å². The predicted octanol–water partition coefficient (Wildman–Crippen LogP) is 5.28. The zero-order valence-electron chi connectivity index (χ0n) is 16.6. The summed E-state index contributed by atoms with van der Waals surface area (Å²) >= 11 is 1.64. The maximum absolute atomic E-state index is 12.8. The number of nitrogens with one attached hydrogen (secondary N) is 1. The fourth-order valence-electron chi connectivity index (χ4n) is 2.63. The molecule has 1 aromatic carbocycles. The van der Waals surface area contributed by atoms with Crippen molar-refractivity contribution in [1.82, 2.24) is 9.97 Å². The Morgan fingerprint density at radius 2 is 2.00 bits per heavy atom. The molecule has 0 amide bonds. The molecule has 2 aromatic heterocycles. The molecule has 31 heavy (non-hydrogen) atoms. The minimum atomic E-state index is -4.42. The van der Waals surface area contributed by atoms with E-state index in [-0.39, 0.29) is 23.8 Å². The molecule has 0 aliphatic carbocycles. The van der Waals surface area contributed by atoms with Crippen LogP contribution in [0.5, 0.6) is 0 Å². The quantitative estimate of drug-likeness (QED) is 0.350. The van der Waals surface area contributed by atoms with Gasteiger partial charge in [-0.15, -0.1) is 0 Å². The van der Waals surface area contributed by atoms with Gasteiger partial charge in [0, 0.05) is 24.1 Å². The maximum Gasteiger partial charge on any atom is 0.416 e. The fourth-order valence-corrected chi connectivity index (χ4v) is 3.39. The zero-order valence-corrected chi connectivity index (χ0v) is 17.4. The van der Waals surface area contributed by atoms with Crippen LogP contribution in [0.25, 0.3) is 11.4 Å². The lowest BCUT2D eigenvalue weighted by atomic mass is 10.1. The van der Waals surface area contributed by atoms with Crippen LogP contribution in [0.1, 0.15) is 28.6 Å². The number of alkyl halides is 3. The fraction of sp³-hybridized carbons (Fsp3) is 0.286. The Morgan fingerprint density at radius 1 is 1.23 bits per heavy atom. The second-order valence-corrected chi connectivity index (χ2v) is 7.42. The number of carbonyl (C=O) groups excluding carboxylic acids is 1. The van der Waals surface area contributed by atoms with E-state index in [2.05, 4.69) is 15.3 Å². The number of nitrogens with zero attached hydrogens (tertiary/aromatic N) is 2. The van der Waals surface area contributed by atoms with E-state index < -0.39 is 17.7 Å². The van der Waals surface area contributed by atoms with Gasteiger partial charge in [0.05, 0.1) is 24.2 Å². The third kappa shape index (κ3) is 6.24. The summed E-state index contributed by atoms with van der Waals surface area (Å²) in [6.45, 7) is 2.38. The van der Waals surface area contributed by atoms with Crippen molar-refractivity contribution in [3.63, 3.8) is 0 Å². The summed E-state index contributed by atoms with van der Waals surface area (Å²) < 4.78 is 48.7. The van der Waals surface area contributed by atoms with Crippen LogP contribution in [-0.2, 0) is 16.7 Å². The second-order valence-electron chi connectivity index (χ2n) is 6.31. The van der Waals surface area contributed by atoms with Crippen LogP contribution in [0.15, 0.2) is 53.3 Å². The van der Waals surface area contributed by atoms with Gasteiger partial charge in [-0.2, -0.15) is 24.9 Å². The highest BCUT2D eigenvalue weighted by atomic mass is 32.2. The first-order valence-electron chi connectivity index (χ1n) is 9.44. The Labute approximate surface area is 181 Å². The Hall–Kier alpha value is -3.01. The van der Waals surface area contributed by atoms with E-state index in [1.807, 2.05) is 12.1 Å². The van der Waals surface area contributed by atoms with Gasteiger partial charge >= 0.3 is 12.1 Å². The molecule has 0 unspecified atom stereocenters. The van der Waals surface area contributed by atoms with Gasteiger partial charge in [0.1, 0.15) is 17.1 Å². The highest BCUT2D eigenvalue weighted by Crippen LogP contribution is 2.30. The van der Waals surface area contributed by atoms with E-state index in [4.69, 9.17) is 9.15 Å². The number of hydrogen-bond acceptors (Lipinski definition) is 7. The minimum absolute atomic E-state index is 0.161. The van der Waals surface area contributed by atoms with Crippen molar-refractivity contribution in [3.8, 4) is 11.4 Å². The number of esters is 1. The molecule has 0 saturated heterocycles. The molecule has 0 atom stereocenters. The van der Waals surface area contributed by atoms with Crippen LogP contribution in [0.2, 0.25) is 0 Å². The molecule has 3 aromatic rings. The lowest BCUT2D eigenvalue weighted by Crippen LogP contribution is -2.14. The Morgan fingerprint density at radius 3 is 2.65 bits per heavy atom. The van der Waals surface area contributed by atoms with Gasteiger partial charge in [-0.25, -0.2) is 14.8 Å². The number of hydrogen-bond donors (Lipinski definition) is 1. The van der Waals surface area contributed by atoms with Crippen molar-refractivity contribution >= 4 is 23.5 Å². The summed E-state index contributed by atoms with van der Waals surface area (Å²) in [4.78, 5) is 20.7. The van der Waals surface area contributed by atoms with E-state index in [1.165, 1.54) is 18.3 Å². The molecular formula is C21H20F3N3O3S. The van der Waals surface area contributed by atoms with Gasteiger partial charge < -0.3 is 14.5 Å². The molecule has 0 aliphatic rings. The van der Waals surface area contributed by atoms with E-state index in [0.29, 0.717) is 23.6 Å². The molecule has 0 bridgehead atoms. The third-order valence-corrected chi connectivity index (χ3v) is 5.10. The number of benzene rings is 1. The molecule has 1 N–H and O–H groups in total. The molecule has 164 valence electrons. The summed E-state index contributed by atoms with van der Waals surface area (Å²) in [5.74, 6) is 2.17. The maximum atomic E-state index is 12.8. The van der Waals surface area contributed by atoms with Crippen molar-refractivity contribution in [1.29, 1.82) is 0 Å². The first-order chi connectivity index (χ1) is 14.9. The van der Waals surface area contributed by atoms with Crippen LogP contribution < -0.4 is 5.32 Å². The number of ether oxygens (including phenoxy) is 1. The summed E-state index contributed by atoms with van der Waals surface area (Å²) in [6, 6.07) is 8.24. The highest BCUT2D eigenvalue weighted by Gasteiger charge is 2.30. The molecule has 0 radical (unpaired) electrons. The van der Waals surface area contributed by atoms with Gasteiger partial charge in [0.2, 0.25) is 0 Å². The van der Waals surface area contributed by atoms with E-state index in [0.717, 1.165) is 17.9 Å². The molecule has 3 rings (SSSR count). The molecule has 10 heteroatoms. The van der Waals surface area contributed by atoms with E-state index in [9.17, 15) is 18.0 Å². The van der Waals surface area contributed by atoms with Crippen molar-refractivity contribution in [3.05, 3.63) is 65.7 Å². The van der Waals surface area contributed by atoms with Gasteiger partial charge in [0.25, 0.3) is 0 Å². The number of carbonyl (C=O) groups is 1. The number of furan rings is 1. The SMILES string of the molecule is CCOC(=O)c1cnc(-c2ccc(C(F)(F)F)cc2)nc1NCCSCc1ccco1. The lowest BCUT2D eigenvalue weighted by molar-refractivity contribution is -0.137. The van der Waals surface area contributed by atoms with Crippen LogP contribution in [0, 0.1) is 0 Å². The molecule has 0 spiro atoms. The topological polar surface area (TPSA) is 77.2 Å². The van der Waals surface area contributed by atoms with Crippen LogP contribution in [0.3, 0.4) is 0 Å². The average Bonchev–Trinajstić information content (AvgIpc) is 3.26.